The number of rotatable bonds is 2. The third-order valence-electron chi connectivity index (χ3n) is 1.10. The second-order valence-corrected chi connectivity index (χ2v) is 3.85. The molecule has 64 valence electrons. The maximum Gasteiger partial charge on any atom is 0.0695 e. The Labute approximate surface area is 69.4 Å². The van der Waals surface area contributed by atoms with Gasteiger partial charge in [0, 0.05) is 0 Å². The van der Waals surface area contributed by atoms with Gasteiger partial charge in [-0.3, -0.25) is 0 Å². The van der Waals surface area contributed by atoms with Gasteiger partial charge < -0.3 is 5.11 Å². The summed E-state index contributed by atoms with van der Waals surface area (Å²) in [7, 11) is 0. The number of hydrogen-bond acceptors (Lipinski definition) is 1. The molecule has 0 spiro atoms. The SMILES string of the molecule is CC(O)C=CC=CC(C)(C)C. The lowest BCUT2D eigenvalue weighted by Crippen LogP contribution is -1.97. The lowest BCUT2D eigenvalue weighted by molar-refractivity contribution is 0.244. The monoisotopic (exact) mass is 154 g/mol. The third kappa shape index (κ3) is 9.44. The summed E-state index contributed by atoms with van der Waals surface area (Å²) >= 11 is 0. The van der Waals surface area contributed by atoms with E-state index in [9.17, 15) is 0 Å². The Balaban J connectivity index is 3.78. The van der Waals surface area contributed by atoms with Crippen LogP contribution in [0.15, 0.2) is 24.3 Å². The second-order valence-electron chi connectivity index (χ2n) is 3.85. The summed E-state index contributed by atoms with van der Waals surface area (Å²) in [6.45, 7) is 8.15. The molecule has 11 heavy (non-hydrogen) atoms. The number of aliphatic hydroxyl groups is 1. The van der Waals surface area contributed by atoms with Gasteiger partial charge in [-0.15, -0.1) is 0 Å². The lowest BCUT2D eigenvalue weighted by Gasteiger charge is -2.09. The summed E-state index contributed by atoms with van der Waals surface area (Å²) in [5, 5.41) is 8.86. The molecule has 0 heterocycles. The summed E-state index contributed by atoms with van der Waals surface area (Å²) in [5.41, 5.74) is 0.225. The Bertz CT molecular complexity index is 147. The van der Waals surface area contributed by atoms with Gasteiger partial charge in [-0.2, -0.15) is 0 Å². The van der Waals surface area contributed by atoms with Crippen LogP contribution in [0.2, 0.25) is 0 Å². The van der Waals surface area contributed by atoms with Crippen LogP contribution in [0.3, 0.4) is 0 Å². The smallest absolute Gasteiger partial charge is 0.0695 e. The fraction of sp³-hybridized carbons (Fsp3) is 0.600. The molecule has 0 bridgehead atoms. The van der Waals surface area contributed by atoms with Crippen LogP contribution in [-0.4, -0.2) is 11.2 Å². The van der Waals surface area contributed by atoms with Crippen molar-refractivity contribution in [3.63, 3.8) is 0 Å². The van der Waals surface area contributed by atoms with Gasteiger partial charge in [0.05, 0.1) is 6.10 Å². The maximum atomic E-state index is 8.86. The van der Waals surface area contributed by atoms with Crippen molar-refractivity contribution in [3.05, 3.63) is 24.3 Å². The zero-order chi connectivity index (χ0) is 8.91. The standard InChI is InChI=1S/C10H18O/c1-9(11)7-5-6-8-10(2,3)4/h5-9,11H,1-4H3. The average molecular weight is 154 g/mol. The van der Waals surface area contributed by atoms with Crippen LogP contribution in [-0.2, 0) is 0 Å². The van der Waals surface area contributed by atoms with E-state index in [2.05, 4.69) is 26.8 Å². The minimum atomic E-state index is -0.348. The highest BCUT2D eigenvalue weighted by Crippen LogP contribution is 2.14. The van der Waals surface area contributed by atoms with Crippen molar-refractivity contribution in [1.29, 1.82) is 0 Å². The molecule has 0 aliphatic heterocycles. The molecule has 0 aromatic heterocycles. The molecule has 1 unspecified atom stereocenters. The van der Waals surface area contributed by atoms with E-state index in [4.69, 9.17) is 5.11 Å². The Morgan fingerprint density at radius 1 is 1.18 bits per heavy atom. The Morgan fingerprint density at radius 3 is 2.09 bits per heavy atom. The van der Waals surface area contributed by atoms with Crippen molar-refractivity contribution >= 4 is 0 Å². The van der Waals surface area contributed by atoms with Crippen molar-refractivity contribution < 1.29 is 5.11 Å². The van der Waals surface area contributed by atoms with E-state index >= 15 is 0 Å². The minimum absolute atomic E-state index is 0.225. The fourth-order valence-corrected chi connectivity index (χ4v) is 0.569. The Kier molecular flexibility index (Phi) is 4.12. The first-order chi connectivity index (χ1) is 4.92. The molecular weight excluding hydrogens is 136 g/mol. The quantitative estimate of drug-likeness (QED) is 0.606. The summed E-state index contributed by atoms with van der Waals surface area (Å²) in [5.74, 6) is 0. The van der Waals surface area contributed by atoms with Gasteiger partial charge in [0.1, 0.15) is 0 Å². The number of aliphatic hydroxyl groups excluding tert-OH is 1. The van der Waals surface area contributed by atoms with E-state index in [1.807, 2.05) is 12.2 Å². The average Bonchev–Trinajstić information content (AvgIpc) is 1.78. The Morgan fingerprint density at radius 2 is 1.73 bits per heavy atom. The fourth-order valence-electron chi connectivity index (χ4n) is 0.569. The molecule has 0 amide bonds. The normalized spacial score (nSPS) is 16.5. The van der Waals surface area contributed by atoms with Crippen LogP contribution in [0.5, 0.6) is 0 Å². The zero-order valence-corrected chi connectivity index (χ0v) is 7.83. The van der Waals surface area contributed by atoms with E-state index in [-0.39, 0.29) is 11.5 Å². The number of allylic oxidation sites excluding steroid dienone is 3. The van der Waals surface area contributed by atoms with E-state index in [0.717, 1.165) is 0 Å². The largest absolute Gasteiger partial charge is 0.389 e. The van der Waals surface area contributed by atoms with Crippen LogP contribution in [0.4, 0.5) is 0 Å². The van der Waals surface area contributed by atoms with Crippen LogP contribution in [0.1, 0.15) is 27.7 Å². The van der Waals surface area contributed by atoms with Crippen LogP contribution >= 0.6 is 0 Å². The van der Waals surface area contributed by atoms with Crippen LogP contribution in [0.25, 0.3) is 0 Å². The zero-order valence-electron chi connectivity index (χ0n) is 7.83. The van der Waals surface area contributed by atoms with Crippen molar-refractivity contribution in [3.8, 4) is 0 Å². The van der Waals surface area contributed by atoms with Crippen LogP contribution < -0.4 is 0 Å². The van der Waals surface area contributed by atoms with Crippen molar-refractivity contribution in [2.75, 3.05) is 0 Å². The minimum Gasteiger partial charge on any atom is -0.389 e. The van der Waals surface area contributed by atoms with E-state index < -0.39 is 0 Å². The highest BCUT2D eigenvalue weighted by atomic mass is 16.3. The predicted octanol–water partition coefficient (Wildman–Crippen LogP) is 2.53. The summed E-state index contributed by atoms with van der Waals surface area (Å²) in [4.78, 5) is 0. The highest BCUT2D eigenvalue weighted by molar-refractivity contribution is 5.07. The molecule has 0 aliphatic carbocycles. The first-order valence-corrected chi connectivity index (χ1v) is 3.96. The van der Waals surface area contributed by atoms with E-state index in [1.54, 1.807) is 13.0 Å². The van der Waals surface area contributed by atoms with Gasteiger partial charge in [0.25, 0.3) is 0 Å². The topological polar surface area (TPSA) is 20.2 Å². The predicted molar refractivity (Wildman–Crippen MR) is 49.4 cm³/mol. The van der Waals surface area contributed by atoms with Gasteiger partial charge in [-0.05, 0) is 12.3 Å². The summed E-state index contributed by atoms with van der Waals surface area (Å²) in [6.07, 6.45) is 7.34. The maximum absolute atomic E-state index is 8.86. The molecule has 1 nitrogen and oxygen atoms in total. The second kappa shape index (κ2) is 4.35. The third-order valence-corrected chi connectivity index (χ3v) is 1.10. The summed E-state index contributed by atoms with van der Waals surface area (Å²) in [6, 6.07) is 0. The van der Waals surface area contributed by atoms with Gasteiger partial charge in [-0.25, -0.2) is 0 Å². The molecule has 0 fully saturated rings. The lowest BCUT2D eigenvalue weighted by atomic mass is 9.96. The van der Waals surface area contributed by atoms with E-state index in [0.29, 0.717) is 0 Å². The van der Waals surface area contributed by atoms with Gasteiger partial charge in [0.15, 0.2) is 0 Å². The Hall–Kier alpha value is -0.560. The van der Waals surface area contributed by atoms with Crippen molar-refractivity contribution in [2.24, 2.45) is 5.41 Å². The van der Waals surface area contributed by atoms with E-state index in [1.165, 1.54) is 0 Å². The first kappa shape index (κ1) is 10.4. The molecule has 0 aromatic rings. The molecule has 1 atom stereocenters. The van der Waals surface area contributed by atoms with Gasteiger partial charge >= 0.3 is 0 Å². The molecular formula is C10H18O. The molecule has 0 aliphatic rings. The molecule has 0 rings (SSSR count). The molecule has 1 N–H and O–H groups in total. The van der Waals surface area contributed by atoms with Gasteiger partial charge in [-0.1, -0.05) is 45.1 Å². The van der Waals surface area contributed by atoms with Crippen molar-refractivity contribution in [2.45, 2.75) is 33.8 Å². The van der Waals surface area contributed by atoms with Crippen molar-refractivity contribution in [1.82, 2.24) is 0 Å². The van der Waals surface area contributed by atoms with Crippen LogP contribution in [0, 0.1) is 5.41 Å². The molecule has 0 aromatic carbocycles. The summed E-state index contributed by atoms with van der Waals surface area (Å²) < 4.78 is 0. The highest BCUT2D eigenvalue weighted by Gasteiger charge is 2.01. The molecule has 0 saturated carbocycles. The first-order valence-electron chi connectivity index (χ1n) is 3.96. The van der Waals surface area contributed by atoms with Gasteiger partial charge in [0.2, 0.25) is 0 Å². The molecule has 0 saturated heterocycles. The molecule has 0 radical (unpaired) electrons. The molecule has 1 heteroatoms. The number of hydrogen-bond donors (Lipinski definition) is 1.